The molecule has 1 aliphatic heterocycles. The number of nitrogen functional groups attached to an aromatic ring is 1. The summed E-state index contributed by atoms with van der Waals surface area (Å²) in [6, 6.07) is 10.9. The largest absolute Gasteiger partial charge is 0.368 e. The van der Waals surface area contributed by atoms with Crippen LogP contribution in [0.3, 0.4) is 0 Å². The number of anilines is 4. The maximum absolute atomic E-state index is 12.7. The number of hydrogen-bond donors (Lipinski definition) is 2. The average molecular weight is 367 g/mol. The summed E-state index contributed by atoms with van der Waals surface area (Å²) in [7, 11) is 0. The minimum absolute atomic E-state index is 0.0482. The Kier molecular flexibility index (Phi) is 4.14. The normalized spacial score (nSPS) is 12.7. The Balaban J connectivity index is 1.58. The predicted molar refractivity (Wildman–Crippen MR) is 101 cm³/mol. The zero-order valence-corrected chi connectivity index (χ0v) is 14.4. The fraction of sp³-hybridized carbons (Fsp3) is 0.111. The van der Waals surface area contributed by atoms with Crippen molar-refractivity contribution in [2.75, 3.05) is 22.5 Å². The molecule has 1 amide bonds. The van der Waals surface area contributed by atoms with Crippen LogP contribution in [-0.2, 0) is 6.42 Å². The first-order valence-electron chi connectivity index (χ1n) is 8.02. The SMILES string of the molecule is Nc1nc(Cl)cc(Nc2ccc3c(c2)CCN3C(=O)c2cccnc2)n1. The van der Waals surface area contributed by atoms with Gasteiger partial charge < -0.3 is 16.0 Å². The number of rotatable bonds is 3. The van der Waals surface area contributed by atoms with E-state index in [4.69, 9.17) is 17.3 Å². The molecule has 0 radical (unpaired) electrons. The number of carbonyl (C=O) groups is 1. The van der Waals surface area contributed by atoms with Gasteiger partial charge in [0.2, 0.25) is 5.95 Å². The molecule has 0 fully saturated rings. The van der Waals surface area contributed by atoms with Gasteiger partial charge in [-0.05, 0) is 42.3 Å². The Morgan fingerprint density at radius 3 is 2.88 bits per heavy atom. The van der Waals surface area contributed by atoms with Crippen LogP contribution in [0.4, 0.5) is 23.1 Å². The van der Waals surface area contributed by atoms with Crippen LogP contribution in [0.2, 0.25) is 5.15 Å². The van der Waals surface area contributed by atoms with Crippen LogP contribution in [0.5, 0.6) is 0 Å². The number of pyridine rings is 1. The maximum atomic E-state index is 12.7. The third kappa shape index (κ3) is 3.16. The van der Waals surface area contributed by atoms with E-state index in [0.29, 0.717) is 17.9 Å². The highest BCUT2D eigenvalue weighted by Gasteiger charge is 2.25. The van der Waals surface area contributed by atoms with Gasteiger partial charge in [-0.2, -0.15) is 4.98 Å². The van der Waals surface area contributed by atoms with E-state index in [1.165, 1.54) is 0 Å². The van der Waals surface area contributed by atoms with Gasteiger partial charge in [-0.15, -0.1) is 0 Å². The molecule has 130 valence electrons. The second-order valence-corrected chi connectivity index (χ2v) is 6.24. The monoisotopic (exact) mass is 366 g/mol. The molecule has 1 aromatic carbocycles. The third-order valence-corrected chi connectivity index (χ3v) is 4.31. The fourth-order valence-corrected chi connectivity index (χ4v) is 3.17. The molecule has 0 saturated heterocycles. The van der Waals surface area contributed by atoms with E-state index < -0.39 is 0 Å². The van der Waals surface area contributed by atoms with Gasteiger partial charge >= 0.3 is 0 Å². The zero-order chi connectivity index (χ0) is 18.1. The molecule has 8 heteroatoms. The summed E-state index contributed by atoms with van der Waals surface area (Å²) < 4.78 is 0. The highest BCUT2D eigenvalue weighted by molar-refractivity contribution is 6.29. The van der Waals surface area contributed by atoms with Gasteiger partial charge in [0.15, 0.2) is 0 Å². The topological polar surface area (TPSA) is 97.0 Å². The van der Waals surface area contributed by atoms with Gasteiger partial charge in [0.05, 0.1) is 5.56 Å². The van der Waals surface area contributed by atoms with Gasteiger partial charge in [-0.3, -0.25) is 9.78 Å². The van der Waals surface area contributed by atoms with E-state index in [1.807, 2.05) is 18.2 Å². The van der Waals surface area contributed by atoms with Crippen molar-refractivity contribution in [3.63, 3.8) is 0 Å². The number of nitrogens with zero attached hydrogens (tertiary/aromatic N) is 4. The summed E-state index contributed by atoms with van der Waals surface area (Å²) in [6.45, 7) is 0.638. The van der Waals surface area contributed by atoms with Crippen molar-refractivity contribution in [3.05, 3.63) is 65.1 Å². The lowest BCUT2D eigenvalue weighted by Gasteiger charge is -2.17. The lowest BCUT2D eigenvalue weighted by Crippen LogP contribution is -2.28. The molecule has 7 nitrogen and oxygen atoms in total. The van der Waals surface area contributed by atoms with Crippen molar-refractivity contribution in [2.45, 2.75) is 6.42 Å². The highest BCUT2D eigenvalue weighted by atomic mass is 35.5. The predicted octanol–water partition coefficient (Wildman–Crippen LogP) is 3.05. The molecule has 0 atom stereocenters. The zero-order valence-electron chi connectivity index (χ0n) is 13.7. The Hall–Kier alpha value is -3.19. The molecular formula is C18H15ClN6O. The van der Waals surface area contributed by atoms with Gasteiger partial charge in [0.25, 0.3) is 5.91 Å². The number of carbonyl (C=O) groups excluding carboxylic acids is 1. The van der Waals surface area contributed by atoms with Crippen molar-refractivity contribution >= 4 is 40.6 Å². The molecule has 0 spiro atoms. The van der Waals surface area contributed by atoms with Crippen molar-refractivity contribution < 1.29 is 4.79 Å². The number of halogens is 1. The Bertz CT molecular complexity index is 958. The van der Waals surface area contributed by atoms with Crippen molar-refractivity contribution in [3.8, 4) is 0 Å². The van der Waals surface area contributed by atoms with Crippen LogP contribution < -0.4 is 16.0 Å². The van der Waals surface area contributed by atoms with Crippen LogP contribution >= 0.6 is 11.6 Å². The third-order valence-electron chi connectivity index (χ3n) is 4.11. The number of hydrogen-bond acceptors (Lipinski definition) is 6. The minimum atomic E-state index is -0.0482. The molecule has 0 unspecified atom stereocenters. The maximum Gasteiger partial charge on any atom is 0.259 e. The Morgan fingerprint density at radius 2 is 2.12 bits per heavy atom. The van der Waals surface area contributed by atoms with Crippen molar-refractivity contribution in [1.29, 1.82) is 0 Å². The molecule has 3 aromatic rings. The average Bonchev–Trinajstić information content (AvgIpc) is 3.04. The van der Waals surface area contributed by atoms with Crippen LogP contribution in [0.1, 0.15) is 15.9 Å². The van der Waals surface area contributed by atoms with E-state index in [2.05, 4.69) is 20.3 Å². The van der Waals surface area contributed by atoms with Crippen LogP contribution in [0, 0.1) is 0 Å². The number of nitrogens with two attached hydrogens (primary N) is 1. The molecule has 0 saturated carbocycles. The first-order chi connectivity index (χ1) is 12.6. The van der Waals surface area contributed by atoms with Crippen molar-refractivity contribution in [2.24, 2.45) is 0 Å². The smallest absolute Gasteiger partial charge is 0.259 e. The summed E-state index contributed by atoms with van der Waals surface area (Å²) >= 11 is 5.90. The van der Waals surface area contributed by atoms with E-state index in [1.54, 1.807) is 35.5 Å². The first kappa shape index (κ1) is 16.3. The quantitative estimate of drug-likeness (QED) is 0.691. The fourth-order valence-electron chi connectivity index (χ4n) is 2.98. The molecule has 3 heterocycles. The molecule has 3 N–H and O–H groups in total. The summed E-state index contributed by atoms with van der Waals surface area (Å²) in [5.41, 5.74) is 9.02. The number of fused-ring (bicyclic) bond motifs is 1. The number of benzene rings is 1. The van der Waals surface area contributed by atoms with Gasteiger partial charge in [0, 0.05) is 36.4 Å². The lowest BCUT2D eigenvalue weighted by molar-refractivity contribution is 0.0989. The molecule has 4 rings (SSSR count). The Labute approximate surface area is 154 Å². The summed E-state index contributed by atoms with van der Waals surface area (Å²) in [5, 5.41) is 3.43. The second-order valence-electron chi connectivity index (χ2n) is 5.85. The van der Waals surface area contributed by atoms with Gasteiger partial charge in [-0.1, -0.05) is 11.6 Å². The summed E-state index contributed by atoms with van der Waals surface area (Å²) in [6.07, 6.45) is 4.02. The van der Waals surface area contributed by atoms with Gasteiger partial charge in [0.1, 0.15) is 11.0 Å². The van der Waals surface area contributed by atoms with Gasteiger partial charge in [-0.25, -0.2) is 4.98 Å². The van der Waals surface area contributed by atoms with Crippen LogP contribution in [0.25, 0.3) is 0 Å². The molecule has 0 bridgehead atoms. The van der Waals surface area contributed by atoms with Crippen molar-refractivity contribution in [1.82, 2.24) is 15.0 Å². The lowest BCUT2D eigenvalue weighted by atomic mass is 10.1. The number of aromatic nitrogens is 3. The van der Waals surface area contributed by atoms with Crippen LogP contribution in [-0.4, -0.2) is 27.4 Å². The van der Waals surface area contributed by atoms with Crippen LogP contribution in [0.15, 0.2) is 48.8 Å². The molecule has 26 heavy (non-hydrogen) atoms. The molecular weight excluding hydrogens is 352 g/mol. The molecule has 2 aromatic heterocycles. The van der Waals surface area contributed by atoms with E-state index in [9.17, 15) is 4.79 Å². The number of amides is 1. The van der Waals surface area contributed by atoms with E-state index >= 15 is 0 Å². The highest BCUT2D eigenvalue weighted by Crippen LogP contribution is 2.32. The molecule has 1 aliphatic rings. The van der Waals surface area contributed by atoms with E-state index in [0.717, 1.165) is 23.4 Å². The minimum Gasteiger partial charge on any atom is -0.368 e. The molecule has 0 aliphatic carbocycles. The Morgan fingerprint density at radius 1 is 1.23 bits per heavy atom. The standard InChI is InChI=1S/C18H15ClN6O/c19-15-9-16(24-18(20)23-15)22-13-3-4-14-11(8-13)5-7-25(14)17(26)12-2-1-6-21-10-12/h1-4,6,8-10H,5,7H2,(H3,20,22,23,24). The van der Waals surface area contributed by atoms with E-state index in [-0.39, 0.29) is 17.0 Å². The summed E-state index contributed by atoms with van der Waals surface area (Å²) in [5.74, 6) is 0.575. The first-order valence-corrected chi connectivity index (χ1v) is 8.40. The number of nitrogens with one attached hydrogen (secondary N) is 1. The summed E-state index contributed by atoms with van der Waals surface area (Å²) in [4.78, 5) is 26.4. The second kappa shape index (κ2) is 6.61.